The first-order chi connectivity index (χ1) is 8.58. The number of amides is 2. The topological polar surface area (TPSA) is 80.3 Å². The van der Waals surface area contributed by atoms with Gasteiger partial charge in [-0.15, -0.1) is 11.3 Å². The van der Waals surface area contributed by atoms with Crippen molar-refractivity contribution in [3.8, 4) is 0 Å². The lowest BCUT2D eigenvalue weighted by Gasteiger charge is -2.08. The highest BCUT2D eigenvalue weighted by Gasteiger charge is 2.06. The van der Waals surface area contributed by atoms with Gasteiger partial charge in [-0.1, -0.05) is 13.8 Å². The molecule has 1 heterocycles. The van der Waals surface area contributed by atoms with Crippen LogP contribution in [0.3, 0.4) is 0 Å². The van der Waals surface area contributed by atoms with E-state index in [1.54, 1.807) is 11.6 Å². The van der Waals surface area contributed by atoms with Crippen molar-refractivity contribution in [2.75, 3.05) is 18.5 Å². The lowest BCUT2D eigenvalue weighted by atomic mass is 10.2. The molecule has 0 saturated heterocycles. The molecule has 0 atom stereocenters. The summed E-state index contributed by atoms with van der Waals surface area (Å²) in [6.45, 7) is 4.52. The predicted octanol–water partition coefficient (Wildman–Crippen LogP) is 1.85. The first-order valence-electron chi connectivity index (χ1n) is 5.68. The monoisotopic (exact) mass is 271 g/mol. The Balaban J connectivity index is 2.10. The summed E-state index contributed by atoms with van der Waals surface area (Å²) in [7, 11) is 0. The summed E-state index contributed by atoms with van der Waals surface area (Å²) in [5, 5.41) is 7.46. The molecular formula is C11H17N3O3S. The van der Waals surface area contributed by atoms with E-state index >= 15 is 0 Å². The van der Waals surface area contributed by atoms with E-state index in [4.69, 9.17) is 4.74 Å². The molecule has 0 aromatic carbocycles. The standard InChI is InChI=1S/C11H17N3O3S/c1-8(2)7-17-11(16)13-4-3-9(15)14-10-12-5-6-18-10/h5-6,8H,3-4,7H2,1-2H3,(H,13,16)(H,12,14,15). The molecule has 0 unspecified atom stereocenters. The number of alkyl carbamates (subject to hydrolysis) is 1. The fraction of sp³-hybridized carbons (Fsp3) is 0.545. The minimum atomic E-state index is -0.495. The van der Waals surface area contributed by atoms with E-state index in [1.165, 1.54) is 11.3 Å². The van der Waals surface area contributed by atoms with Crippen molar-refractivity contribution in [3.05, 3.63) is 11.6 Å². The third kappa shape index (κ3) is 6.19. The predicted molar refractivity (Wildman–Crippen MR) is 69.5 cm³/mol. The Hall–Kier alpha value is -1.63. The zero-order valence-electron chi connectivity index (χ0n) is 10.4. The number of carbonyl (C=O) groups is 2. The highest BCUT2D eigenvalue weighted by Crippen LogP contribution is 2.09. The zero-order chi connectivity index (χ0) is 13.4. The van der Waals surface area contributed by atoms with Crippen molar-refractivity contribution in [3.63, 3.8) is 0 Å². The van der Waals surface area contributed by atoms with Gasteiger partial charge in [0.1, 0.15) is 0 Å². The average Bonchev–Trinajstić information content (AvgIpc) is 2.79. The highest BCUT2D eigenvalue weighted by atomic mass is 32.1. The number of rotatable bonds is 6. The quantitative estimate of drug-likeness (QED) is 0.827. The Morgan fingerprint density at radius 1 is 1.50 bits per heavy atom. The number of nitrogens with one attached hydrogen (secondary N) is 2. The third-order valence-electron chi connectivity index (χ3n) is 1.85. The number of anilines is 1. The lowest BCUT2D eigenvalue weighted by Crippen LogP contribution is -2.29. The van der Waals surface area contributed by atoms with Crippen LogP contribution in [0.25, 0.3) is 0 Å². The van der Waals surface area contributed by atoms with Crippen LogP contribution in [0.4, 0.5) is 9.93 Å². The number of thiazole rings is 1. The Morgan fingerprint density at radius 3 is 2.89 bits per heavy atom. The van der Waals surface area contributed by atoms with Gasteiger partial charge in [-0.2, -0.15) is 0 Å². The van der Waals surface area contributed by atoms with E-state index < -0.39 is 6.09 Å². The maximum atomic E-state index is 11.4. The summed E-state index contributed by atoms with van der Waals surface area (Å²) in [6, 6.07) is 0. The molecular weight excluding hydrogens is 254 g/mol. The van der Waals surface area contributed by atoms with Gasteiger partial charge < -0.3 is 15.4 Å². The smallest absolute Gasteiger partial charge is 0.407 e. The van der Waals surface area contributed by atoms with Gasteiger partial charge in [0.15, 0.2) is 5.13 Å². The fourth-order valence-electron chi connectivity index (χ4n) is 1.04. The van der Waals surface area contributed by atoms with Gasteiger partial charge in [0.05, 0.1) is 6.61 Å². The molecule has 0 fully saturated rings. The molecule has 0 radical (unpaired) electrons. The molecule has 2 amide bonds. The minimum absolute atomic E-state index is 0.186. The van der Waals surface area contributed by atoms with E-state index in [9.17, 15) is 9.59 Å². The van der Waals surface area contributed by atoms with E-state index in [-0.39, 0.29) is 18.9 Å². The Labute approximate surface area is 110 Å². The normalized spacial score (nSPS) is 10.2. The SMILES string of the molecule is CC(C)COC(=O)NCCC(=O)Nc1nccs1. The number of hydrogen-bond donors (Lipinski definition) is 2. The number of nitrogens with zero attached hydrogens (tertiary/aromatic N) is 1. The first-order valence-corrected chi connectivity index (χ1v) is 6.56. The van der Waals surface area contributed by atoms with Crippen molar-refractivity contribution in [1.82, 2.24) is 10.3 Å². The number of carbonyl (C=O) groups excluding carboxylic acids is 2. The highest BCUT2D eigenvalue weighted by molar-refractivity contribution is 7.13. The third-order valence-corrected chi connectivity index (χ3v) is 2.54. The van der Waals surface area contributed by atoms with Gasteiger partial charge in [-0.05, 0) is 5.92 Å². The molecule has 0 bridgehead atoms. The van der Waals surface area contributed by atoms with Crippen LogP contribution < -0.4 is 10.6 Å². The fourth-order valence-corrected chi connectivity index (χ4v) is 1.58. The van der Waals surface area contributed by atoms with Gasteiger partial charge in [0.25, 0.3) is 0 Å². The van der Waals surface area contributed by atoms with E-state index in [0.717, 1.165) is 0 Å². The van der Waals surface area contributed by atoms with Crippen LogP contribution in [0, 0.1) is 5.92 Å². The number of aromatic nitrogens is 1. The molecule has 100 valence electrons. The van der Waals surface area contributed by atoms with Crippen LogP contribution in [0.1, 0.15) is 20.3 Å². The lowest BCUT2D eigenvalue weighted by molar-refractivity contribution is -0.116. The summed E-state index contributed by atoms with van der Waals surface area (Å²) in [5.74, 6) is 0.109. The molecule has 1 aromatic heterocycles. The van der Waals surface area contributed by atoms with Gasteiger partial charge in [-0.3, -0.25) is 4.79 Å². The van der Waals surface area contributed by atoms with Gasteiger partial charge in [-0.25, -0.2) is 9.78 Å². The van der Waals surface area contributed by atoms with Gasteiger partial charge >= 0.3 is 6.09 Å². The molecule has 2 N–H and O–H groups in total. The van der Waals surface area contributed by atoms with Crippen LogP contribution in [0.5, 0.6) is 0 Å². The molecule has 6 nitrogen and oxygen atoms in total. The second-order valence-corrected chi connectivity index (χ2v) is 4.95. The van der Waals surface area contributed by atoms with E-state index in [1.807, 2.05) is 13.8 Å². The number of ether oxygens (including phenoxy) is 1. The molecule has 7 heteroatoms. The van der Waals surface area contributed by atoms with Crippen molar-refractivity contribution in [2.45, 2.75) is 20.3 Å². The minimum Gasteiger partial charge on any atom is -0.449 e. The molecule has 0 aliphatic rings. The van der Waals surface area contributed by atoms with Gasteiger partial charge in [0, 0.05) is 24.5 Å². The molecule has 1 rings (SSSR count). The van der Waals surface area contributed by atoms with Crippen molar-refractivity contribution in [2.24, 2.45) is 5.92 Å². The summed E-state index contributed by atoms with van der Waals surface area (Å²) < 4.78 is 4.90. The van der Waals surface area contributed by atoms with Crippen molar-refractivity contribution < 1.29 is 14.3 Å². The van der Waals surface area contributed by atoms with Gasteiger partial charge in [0.2, 0.25) is 5.91 Å². The van der Waals surface area contributed by atoms with E-state index in [0.29, 0.717) is 17.7 Å². The summed E-state index contributed by atoms with van der Waals surface area (Å²) in [6.07, 6.45) is 1.31. The van der Waals surface area contributed by atoms with Crippen LogP contribution >= 0.6 is 11.3 Å². The molecule has 18 heavy (non-hydrogen) atoms. The maximum Gasteiger partial charge on any atom is 0.407 e. The molecule has 1 aromatic rings. The number of hydrogen-bond acceptors (Lipinski definition) is 5. The Bertz CT molecular complexity index is 379. The Kier molecular flexibility index (Phi) is 6.13. The van der Waals surface area contributed by atoms with Crippen molar-refractivity contribution >= 4 is 28.5 Å². The molecule has 0 aliphatic heterocycles. The maximum absolute atomic E-state index is 11.4. The molecule has 0 saturated carbocycles. The van der Waals surface area contributed by atoms with Crippen LogP contribution in [-0.2, 0) is 9.53 Å². The van der Waals surface area contributed by atoms with Crippen LogP contribution in [0.15, 0.2) is 11.6 Å². The summed E-state index contributed by atoms with van der Waals surface area (Å²) in [4.78, 5) is 26.5. The largest absolute Gasteiger partial charge is 0.449 e. The zero-order valence-corrected chi connectivity index (χ0v) is 11.3. The second-order valence-electron chi connectivity index (χ2n) is 4.05. The second kappa shape index (κ2) is 7.65. The summed E-state index contributed by atoms with van der Waals surface area (Å²) in [5.41, 5.74) is 0. The molecule has 0 aliphatic carbocycles. The Morgan fingerprint density at radius 2 is 2.28 bits per heavy atom. The summed E-state index contributed by atoms with van der Waals surface area (Å²) >= 11 is 1.35. The first kappa shape index (κ1) is 14.4. The van der Waals surface area contributed by atoms with Crippen LogP contribution in [-0.4, -0.2) is 30.1 Å². The molecule has 0 spiro atoms. The van der Waals surface area contributed by atoms with Crippen LogP contribution in [0.2, 0.25) is 0 Å². The van der Waals surface area contributed by atoms with Crippen molar-refractivity contribution in [1.29, 1.82) is 0 Å². The van der Waals surface area contributed by atoms with E-state index in [2.05, 4.69) is 15.6 Å². The average molecular weight is 271 g/mol.